The Hall–Kier alpha value is -0.730. The fraction of sp³-hybridized carbons (Fsp3) is 0.750. The van der Waals surface area contributed by atoms with Crippen LogP contribution in [-0.4, -0.2) is 72.5 Å². The molecule has 24 heavy (non-hydrogen) atoms. The molecule has 136 valence electrons. The van der Waals surface area contributed by atoms with E-state index in [1.807, 2.05) is 6.92 Å². The Morgan fingerprint density at radius 1 is 1.42 bits per heavy atom. The van der Waals surface area contributed by atoms with Gasteiger partial charge in [0.2, 0.25) is 5.91 Å². The molecular formula is C16H28ClN5OS. The summed E-state index contributed by atoms with van der Waals surface area (Å²) < 4.78 is 0. The highest BCUT2D eigenvalue weighted by Crippen LogP contribution is 2.22. The zero-order chi connectivity index (χ0) is 16.2. The summed E-state index contributed by atoms with van der Waals surface area (Å²) >= 11 is 1.57. The first-order chi connectivity index (χ1) is 11.2. The first-order valence-corrected chi connectivity index (χ1v) is 9.45. The molecule has 8 heteroatoms. The third kappa shape index (κ3) is 4.67. The van der Waals surface area contributed by atoms with E-state index in [-0.39, 0.29) is 18.3 Å². The Morgan fingerprint density at radius 3 is 2.75 bits per heavy atom. The summed E-state index contributed by atoms with van der Waals surface area (Å²) in [5.41, 5.74) is 1.08. The van der Waals surface area contributed by atoms with Gasteiger partial charge >= 0.3 is 0 Å². The van der Waals surface area contributed by atoms with E-state index in [4.69, 9.17) is 0 Å². The molecule has 1 aromatic rings. The van der Waals surface area contributed by atoms with Crippen LogP contribution >= 0.6 is 23.7 Å². The van der Waals surface area contributed by atoms with Gasteiger partial charge in [-0.3, -0.25) is 19.5 Å². The lowest BCUT2D eigenvalue weighted by Gasteiger charge is -2.37. The van der Waals surface area contributed by atoms with Crippen molar-refractivity contribution in [1.82, 2.24) is 20.1 Å². The van der Waals surface area contributed by atoms with Crippen LogP contribution in [0.4, 0.5) is 5.13 Å². The predicted molar refractivity (Wildman–Crippen MR) is 101 cm³/mol. The predicted octanol–water partition coefficient (Wildman–Crippen LogP) is 1.42. The van der Waals surface area contributed by atoms with Gasteiger partial charge in [0, 0.05) is 64.2 Å². The maximum atomic E-state index is 11.6. The van der Waals surface area contributed by atoms with E-state index in [0.717, 1.165) is 62.7 Å². The molecule has 1 aromatic heterocycles. The number of thiazole rings is 1. The molecule has 6 nitrogen and oxygen atoms in total. The summed E-state index contributed by atoms with van der Waals surface area (Å²) in [5, 5.41) is 6.37. The van der Waals surface area contributed by atoms with E-state index in [1.54, 1.807) is 23.2 Å². The largest absolute Gasteiger partial charge is 0.315 e. The number of hydrogen-bond acceptors (Lipinski definition) is 6. The van der Waals surface area contributed by atoms with Crippen LogP contribution in [0.5, 0.6) is 0 Å². The topological polar surface area (TPSA) is 51.7 Å². The van der Waals surface area contributed by atoms with Crippen LogP contribution in [0.25, 0.3) is 0 Å². The van der Waals surface area contributed by atoms with E-state index in [1.165, 1.54) is 6.42 Å². The summed E-state index contributed by atoms with van der Waals surface area (Å²) in [6, 6.07) is 0.733. The van der Waals surface area contributed by atoms with Crippen molar-refractivity contribution in [3.63, 3.8) is 0 Å². The lowest BCUT2D eigenvalue weighted by atomic mass is 10.2. The molecule has 2 saturated heterocycles. The number of carbonyl (C=O) groups excluding carboxylic acids is 1. The second-order valence-corrected chi connectivity index (χ2v) is 7.18. The number of carbonyl (C=O) groups is 1. The van der Waals surface area contributed by atoms with Crippen LogP contribution in [0.15, 0.2) is 5.38 Å². The van der Waals surface area contributed by atoms with Gasteiger partial charge in [0.25, 0.3) is 0 Å². The molecule has 0 spiro atoms. The summed E-state index contributed by atoms with van der Waals surface area (Å²) in [5.74, 6) is 0.0622. The van der Waals surface area contributed by atoms with Gasteiger partial charge in [0.15, 0.2) is 5.13 Å². The Bertz CT molecular complexity index is 526. The van der Waals surface area contributed by atoms with Gasteiger partial charge in [0.1, 0.15) is 0 Å². The maximum absolute atomic E-state index is 11.6. The van der Waals surface area contributed by atoms with Crippen molar-refractivity contribution in [2.24, 2.45) is 0 Å². The molecular weight excluding hydrogens is 346 g/mol. The highest BCUT2D eigenvalue weighted by molar-refractivity contribution is 7.14. The molecule has 0 aromatic carbocycles. The van der Waals surface area contributed by atoms with Crippen LogP contribution in [-0.2, 0) is 11.3 Å². The van der Waals surface area contributed by atoms with Gasteiger partial charge in [-0.2, -0.15) is 0 Å². The summed E-state index contributed by atoms with van der Waals surface area (Å²) in [4.78, 5) is 23.1. The Labute approximate surface area is 154 Å². The molecule has 1 N–H and O–H groups in total. The van der Waals surface area contributed by atoms with Crippen molar-refractivity contribution in [3.8, 4) is 0 Å². The number of nitrogens with one attached hydrogen (secondary N) is 1. The van der Waals surface area contributed by atoms with Gasteiger partial charge in [-0.25, -0.2) is 4.98 Å². The van der Waals surface area contributed by atoms with Crippen molar-refractivity contribution in [2.75, 3.05) is 50.7 Å². The minimum absolute atomic E-state index is 0. The molecule has 1 amide bonds. The number of nitrogens with zero attached hydrogens (tertiary/aromatic N) is 4. The number of rotatable bonds is 5. The van der Waals surface area contributed by atoms with Crippen LogP contribution in [0, 0.1) is 0 Å². The first kappa shape index (κ1) is 19.6. The Balaban J connectivity index is 0.00000208. The smallest absolute Gasteiger partial charge is 0.225 e. The highest BCUT2D eigenvalue weighted by Gasteiger charge is 2.26. The van der Waals surface area contributed by atoms with E-state index in [9.17, 15) is 4.79 Å². The number of aromatic nitrogens is 1. The highest BCUT2D eigenvalue weighted by atomic mass is 35.5. The average molecular weight is 374 g/mol. The summed E-state index contributed by atoms with van der Waals surface area (Å²) in [6.07, 6.45) is 1.29. The van der Waals surface area contributed by atoms with E-state index in [0.29, 0.717) is 6.54 Å². The molecule has 0 aliphatic carbocycles. The molecule has 1 atom stereocenters. The molecule has 3 rings (SSSR count). The molecule has 0 saturated carbocycles. The SMILES string of the molecule is CCN(C(C)=O)c1nc(CN2CCN(C3CCNC3)CC2)cs1.Cl. The second-order valence-electron chi connectivity index (χ2n) is 6.34. The molecule has 0 radical (unpaired) electrons. The fourth-order valence-corrected chi connectivity index (χ4v) is 4.38. The normalized spacial score (nSPS) is 22.3. The second kappa shape index (κ2) is 9.10. The summed E-state index contributed by atoms with van der Waals surface area (Å²) in [7, 11) is 0. The van der Waals surface area contributed by atoms with Gasteiger partial charge < -0.3 is 5.32 Å². The quantitative estimate of drug-likeness (QED) is 0.845. The lowest BCUT2D eigenvalue weighted by molar-refractivity contribution is -0.116. The molecule has 2 aliphatic heterocycles. The molecule has 2 fully saturated rings. The third-order valence-electron chi connectivity index (χ3n) is 4.81. The maximum Gasteiger partial charge on any atom is 0.225 e. The minimum atomic E-state index is 0. The fourth-order valence-electron chi connectivity index (χ4n) is 3.45. The van der Waals surface area contributed by atoms with Crippen LogP contribution in [0.3, 0.4) is 0 Å². The van der Waals surface area contributed by atoms with Gasteiger partial charge in [-0.05, 0) is 19.9 Å². The molecule has 2 aliphatic rings. The van der Waals surface area contributed by atoms with Gasteiger partial charge in [-0.1, -0.05) is 0 Å². The zero-order valence-corrected chi connectivity index (χ0v) is 16.2. The lowest BCUT2D eigenvalue weighted by Crippen LogP contribution is -2.50. The molecule has 0 bridgehead atoms. The van der Waals surface area contributed by atoms with Gasteiger partial charge in [0.05, 0.1) is 5.69 Å². The number of hydrogen-bond donors (Lipinski definition) is 1. The van der Waals surface area contributed by atoms with Crippen molar-refractivity contribution >= 4 is 34.8 Å². The van der Waals surface area contributed by atoms with Crippen molar-refractivity contribution in [3.05, 3.63) is 11.1 Å². The Morgan fingerprint density at radius 2 is 2.17 bits per heavy atom. The molecule has 3 heterocycles. The van der Waals surface area contributed by atoms with Crippen LogP contribution < -0.4 is 10.2 Å². The van der Waals surface area contributed by atoms with Gasteiger partial charge in [-0.15, -0.1) is 23.7 Å². The van der Waals surface area contributed by atoms with Crippen molar-refractivity contribution in [1.29, 1.82) is 0 Å². The van der Waals surface area contributed by atoms with Crippen LogP contribution in [0.1, 0.15) is 26.0 Å². The van der Waals surface area contributed by atoms with E-state index in [2.05, 4.69) is 25.5 Å². The number of piperazine rings is 1. The third-order valence-corrected chi connectivity index (χ3v) is 5.72. The van der Waals surface area contributed by atoms with E-state index < -0.39 is 0 Å². The van der Waals surface area contributed by atoms with Crippen molar-refractivity contribution < 1.29 is 4.79 Å². The Kier molecular flexibility index (Phi) is 7.43. The first-order valence-electron chi connectivity index (χ1n) is 8.57. The van der Waals surface area contributed by atoms with Crippen molar-refractivity contribution in [2.45, 2.75) is 32.9 Å². The standard InChI is InChI=1S/C16H27N5OS.ClH/c1-3-21(13(2)22)16-18-14(12-23-16)11-19-6-8-20(9-7-19)15-4-5-17-10-15;/h12,15,17H,3-11H2,1-2H3;1H. The molecule has 1 unspecified atom stereocenters. The number of halogens is 1. The zero-order valence-electron chi connectivity index (χ0n) is 14.5. The van der Waals surface area contributed by atoms with E-state index >= 15 is 0 Å². The monoisotopic (exact) mass is 373 g/mol. The number of amides is 1. The van der Waals surface area contributed by atoms with Crippen LogP contribution in [0.2, 0.25) is 0 Å². The minimum Gasteiger partial charge on any atom is -0.315 e. The summed E-state index contributed by atoms with van der Waals surface area (Å²) in [6.45, 7) is 12.0. The number of anilines is 1. The average Bonchev–Trinajstić information content (AvgIpc) is 3.21.